The van der Waals surface area contributed by atoms with E-state index in [0.717, 1.165) is 58.0 Å². The number of hydrogen-bond acceptors (Lipinski definition) is 4. The summed E-state index contributed by atoms with van der Waals surface area (Å²) in [5.74, 6) is 2.29. The maximum absolute atomic E-state index is 13.2. The van der Waals surface area contributed by atoms with Gasteiger partial charge in [0.2, 0.25) is 0 Å². The number of nitrogens with zero attached hydrogens (tertiary/aromatic N) is 2. The molecule has 0 radical (unpaired) electrons. The third-order valence-electron chi connectivity index (χ3n) is 6.83. The van der Waals surface area contributed by atoms with Gasteiger partial charge >= 0.3 is 0 Å². The van der Waals surface area contributed by atoms with Crippen molar-refractivity contribution in [3.63, 3.8) is 0 Å². The molecule has 0 aromatic heterocycles. The van der Waals surface area contributed by atoms with Gasteiger partial charge < -0.3 is 19.9 Å². The number of alkyl halides is 2. The molecule has 0 amide bonds. The Kier molecular flexibility index (Phi) is 7.49. The number of likely N-dealkylation sites (tertiary alicyclic amines) is 1. The zero-order chi connectivity index (χ0) is 20.2. The molecular formula is C23H35BrFN3O. The standard InChI is InChI=1S/C23H35BrFN3O/c1-27-15-18-13-20(29-12-2-9-28-10-7-19(25)8-11-28)4-5-21(18)22(16-27)17-3-6-23(24)26-14-17/h4-5,13,17,19,22-23,26H,2-3,6-12,14-16H2,1H3. The van der Waals surface area contributed by atoms with E-state index in [-0.39, 0.29) is 0 Å². The van der Waals surface area contributed by atoms with Crippen LogP contribution in [0.3, 0.4) is 0 Å². The molecule has 4 nitrogen and oxygen atoms in total. The minimum absolute atomic E-state index is 0.471. The largest absolute Gasteiger partial charge is 0.494 e. The van der Waals surface area contributed by atoms with Crippen LogP contribution in [-0.4, -0.2) is 67.3 Å². The molecule has 3 atom stereocenters. The van der Waals surface area contributed by atoms with Crippen LogP contribution in [0, 0.1) is 5.92 Å². The van der Waals surface area contributed by atoms with Crippen molar-refractivity contribution in [2.45, 2.75) is 55.7 Å². The van der Waals surface area contributed by atoms with Crippen molar-refractivity contribution in [2.24, 2.45) is 5.92 Å². The van der Waals surface area contributed by atoms with Crippen molar-refractivity contribution < 1.29 is 9.13 Å². The van der Waals surface area contributed by atoms with Crippen LogP contribution in [0.2, 0.25) is 0 Å². The number of ether oxygens (including phenoxy) is 1. The number of nitrogens with one attached hydrogen (secondary N) is 1. The zero-order valence-electron chi connectivity index (χ0n) is 17.6. The fourth-order valence-electron chi connectivity index (χ4n) is 5.15. The van der Waals surface area contributed by atoms with E-state index in [1.807, 2.05) is 0 Å². The summed E-state index contributed by atoms with van der Waals surface area (Å²) in [6.07, 6.45) is 4.26. The topological polar surface area (TPSA) is 27.7 Å². The molecule has 162 valence electrons. The summed E-state index contributed by atoms with van der Waals surface area (Å²) >= 11 is 3.69. The molecule has 0 spiro atoms. The van der Waals surface area contributed by atoms with Gasteiger partial charge in [0.25, 0.3) is 0 Å². The lowest BCUT2D eigenvalue weighted by Gasteiger charge is -2.39. The average molecular weight is 468 g/mol. The highest BCUT2D eigenvalue weighted by molar-refractivity contribution is 9.09. The fraction of sp³-hybridized carbons (Fsp3) is 0.739. The van der Waals surface area contributed by atoms with E-state index in [1.165, 1.54) is 24.0 Å². The second-order valence-electron chi connectivity index (χ2n) is 9.10. The first-order valence-corrected chi connectivity index (χ1v) is 12.2. The van der Waals surface area contributed by atoms with Gasteiger partial charge in [-0.2, -0.15) is 0 Å². The van der Waals surface area contributed by atoms with E-state index in [9.17, 15) is 4.39 Å². The van der Waals surface area contributed by atoms with Crippen molar-refractivity contribution in [1.29, 1.82) is 0 Å². The zero-order valence-corrected chi connectivity index (χ0v) is 19.2. The Morgan fingerprint density at radius 1 is 1.21 bits per heavy atom. The first-order valence-electron chi connectivity index (χ1n) is 11.3. The Morgan fingerprint density at radius 3 is 2.79 bits per heavy atom. The molecule has 1 aromatic carbocycles. The van der Waals surface area contributed by atoms with E-state index in [2.05, 4.69) is 56.3 Å². The lowest BCUT2D eigenvalue weighted by atomic mass is 9.77. The maximum atomic E-state index is 13.2. The number of piperidine rings is 2. The second kappa shape index (κ2) is 10.1. The van der Waals surface area contributed by atoms with Gasteiger partial charge in [-0.1, -0.05) is 22.0 Å². The Hall–Kier alpha value is -0.690. The molecule has 3 unspecified atom stereocenters. The first-order chi connectivity index (χ1) is 14.1. The van der Waals surface area contributed by atoms with Gasteiger partial charge in [-0.15, -0.1) is 0 Å². The van der Waals surface area contributed by atoms with Crippen LogP contribution < -0.4 is 10.1 Å². The molecule has 1 N–H and O–H groups in total. The minimum atomic E-state index is -0.592. The number of halogens is 2. The Labute approximate surface area is 183 Å². The minimum Gasteiger partial charge on any atom is -0.494 e. The quantitative estimate of drug-likeness (QED) is 0.386. The third kappa shape index (κ3) is 5.72. The molecule has 3 aliphatic heterocycles. The van der Waals surface area contributed by atoms with Gasteiger partial charge in [0.1, 0.15) is 11.9 Å². The smallest absolute Gasteiger partial charge is 0.119 e. The van der Waals surface area contributed by atoms with Crippen molar-refractivity contribution in [1.82, 2.24) is 15.1 Å². The molecule has 6 heteroatoms. The van der Waals surface area contributed by atoms with Crippen LogP contribution in [0.15, 0.2) is 18.2 Å². The molecule has 3 heterocycles. The van der Waals surface area contributed by atoms with Crippen LogP contribution in [0.1, 0.15) is 49.1 Å². The molecule has 0 aliphatic carbocycles. The predicted molar refractivity (Wildman–Crippen MR) is 120 cm³/mol. The van der Waals surface area contributed by atoms with Crippen molar-refractivity contribution in [3.05, 3.63) is 29.3 Å². The summed E-state index contributed by atoms with van der Waals surface area (Å²) in [6.45, 7) is 6.74. The number of fused-ring (bicyclic) bond motifs is 1. The van der Waals surface area contributed by atoms with Crippen LogP contribution in [0.4, 0.5) is 4.39 Å². The van der Waals surface area contributed by atoms with Crippen molar-refractivity contribution >= 4 is 15.9 Å². The summed E-state index contributed by atoms with van der Waals surface area (Å²) < 4.78 is 19.3. The molecule has 29 heavy (non-hydrogen) atoms. The van der Waals surface area contributed by atoms with E-state index < -0.39 is 6.17 Å². The molecule has 0 saturated carbocycles. The highest BCUT2D eigenvalue weighted by Crippen LogP contribution is 2.38. The van der Waals surface area contributed by atoms with E-state index in [0.29, 0.717) is 29.6 Å². The molecule has 1 aromatic rings. The van der Waals surface area contributed by atoms with Crippen LogP contribution in [0.25, 0.3) is 0 Å². The number of likely N-dealkylation sites (N-methyl/N-ethyl adjacent to an activating group) is 1. The number of rotatable bonds is 6. The summed E-state index contributed by atoms with van der Waals surface area (Å²) in [7, 11) is 2.23. The highest BCUT2D eigenvalue weighted by Gasteiger charge is 2.32. The SMILES string of the molecule is CN1Cc2cc(OCCCN3CCC(F)CC3)ccc2C(C2CCC(Br)NC2)C1. The predicted octanol–water partition coefficient (Wildman–Crippen LogP) is 4.14. The molecule has 4 rings (SSSR count). The Morgan fingerprint density at radius 2 is 2.03 bits per heavy atom. The monoisotopic (exact) mass is 467 g/mol. The molecular weight excluding hydrogens is 433 g/mol. The fourth-order valence-corrected chi connectivity index (χ4v) is 5.60. The van der Waals surface area contributed by atoms with Crippen LogP contribution >= 0.6 is 15.9 Å². The van der Waals surface area contributed by atoms with Gasteiger partial charge in [-0.3, -0.25) is 0 Å². The van der Waals surface area contributed by atoms with Gasteiger partial charge in [0, 0.05) is 38.6 Å². The average Bonchev–Trinajstić information content (AvgIpc) is 2.72. The lowest BCUT2D eigenvalue weighted by molar-refractivity contribution is 0.143. The van der Waals surface area contributed by atoms with E-state index in [4.69, 9.17) is 4.74 Å². The highest BCUT2D eigenvalue weighted by atomic mass is 79.9. The van der Waals surface area contributed by atoms with E-state index in [1.54, 1.807) is 0 Å². The summed E-state index contributed by atoms with van der Waals surface area (Å²) in [5, 5.41) is 3.60. The second-order valence-corrected chi connectivity index (χ2v) is 10.2. The molecule has 2 fully saturated rings. The van der Waals surface area contributed by atoms with Crippen LogP contribution in [0.5, 0.6) is 5.75 Å². The number of benzene rings is 1. The van der Waals surface area contributed by atoms with Gasteiger partial charge in [0.15, 0.2) is 0 Å². The van der Waals surface area contributed by atoms with Gasteiger partial charge in [-0.25, -0.2) is 4.39 Å². The van der Waals surface area contributed by atoms with Gasteiger partial charge in [-0.05, 0) is 74.9 Å². The maximum Gasteiger partial charge on any atom is 0.119 e. The summed E-state index contributed by atoms with van der Waals surface area (Å²) in [5.41, 5.74) is 2.94. The third-order valence-corrected chi connectivity index (χ3v) is 7.61. The normalized spacial score (nSPS) is 29.6. The Balaban J connectivity index is 1.31. The molecule has 3 aliphatic rings. The number of hydrogen-bond donors (Lipinski definition) is 1. The first kappa shape index (κ1) is 21.5. The van der Waals surface area contributed by atoms with Crippen molar-refractivity contribution in [2.75, 3.05) is 46.4 Å². The molecule has 2 saturated heterocycles. The van der Waals surface area contributed by atoms with Crippen LogP contribution in [-0.2, 0) is 6.54 Å². The van der Waals surface area contributed by atoms with Crippen molar-refractivity contribution in [3.8, 4) is 5.75 Å². The van der Waals surface area contributed by atoms with E-state index >= 15 is 0 Å². The summed E-state index contributed by atoms with van der Waals surface area (Å²) in [4.78, 5) is 5.28. The summed E-state index contributed by atoms with van der Waals surface area (Å²) in [6, 6.07) is 6.74. The lowest BCUT2D eigenvalue weighted by Crippen LogP contribution is -2.42. The van der Waals surface area contributed by atoms with Gasteiger partial charge in [0.05, 0.1) is 11.6 Å². The molecule has 0 bridgehead atoms. The Bertz CT molecular complexity index is 660.